The number of aliphatic hydroxyl groups excluding tert-OH is 2. The zero-order valence-electron chi connectivity index (χ0n) is 28.5. The van der Waals surface area contributed by atoms with Gasteiger partial charge in [0.1, 0.15) is 35.5 Å². The summed E-state index contributed by atoms with van der Waals surface area (Å²) >= 11 is 0. The molecular formula is C41H38N2O8. The van der Waals surface area contributed by atoms with E-state index < -0.39 is 36.5 Å². The second-order valence-corrected chi connectivity index (χ2v) is 13.8. The van der Waals surface area contributed by atoms with Crippen LogP contribution in [0.4, 0.5) is 0 Å². The Balaban J connectivity index is 1.16. The maximum Gasteiger partial charge on any atom is 0.266 e. The number of rotatable bonds is 8. The van der Waals surface area contributed by atoms with Crippen LogP contribution >= 0.6 is 0 Å². The maximum absolute atomic E-state index is 13.7. The van der Waals surface area contributed by atoms with Gasteiger partial charge in [0, 0.05) is 20.2 Å². The SMILES string of the molecule is COc1ccc(C2=C3CC(C4=C5CN6C(=O)[C@H](Oc7ccccc7)[C@@H]6[C@H](O)C(c6ccc(OC)cc6)=C5C4)=C3CN3C(=O)[C@H](OC)[C@@H]3[C@@H]2O)cc1. The molecule has 4 aliphatic heterocycles. The first-order chi connectivity index (χ1) is 24.8. The van der Waals surface area contributed by atoms with Crippen molar-refractivity contribution in [2.75, 3.05) is 34.4 Å². The lowest BCUT2D eigenvalue weighted by Crippen LogP contribution is -2.70. The van der Waals surface area contributed by atoms with Gasteiger partial charge in [-0.1, -0.05) is 42.5 Å². The highest BCUT2D eigenvalue weighted by molar-refractivity contribution is 5.95. The van der Waals surface area contributed by atoms with Crippen LogP contribution < -0.4 is 14.2 Å². The van der Waals surface area contributed by atoms with Crippen molar-refractivity contribution in [1.29, 1.82) is 0 Å². The van der Waals surface area contributed by atoms with E-state index in [0.717, 1.165) is 55.7 Å². The summed E-state index contributed by atoms with van der Waals surface area (Å²) in [7, 11) is 4.74. The standard InChI is InChI=1S/C41H38N2O8/c1-48-23-13-9-21(10-14-23)32-28-17-26(30(28)19-42-34(36(32)44)38(50-3)40(42)46)27-18-29-31(27)20-43-35(39(41(43)47)51-25-7-5-4-6-8-25)37(45)33(29)22-11-15-24(49-2)16-12-22/h4-16,34-39,44-45H,17-20H2,1-3H3/t34-,35-,36+,37+,38+,39+/m0/s1. The Bertz CT molecular complexity index is 2080. The minimum atomic E-state index is -0.978. The molecule has 0 saturated carbocycles. The number of fused-ring (bicyclic) bond motifs is 4. The highest BCUT2D eigenvalue weighted by Gasteiger charge is 2.58. The minimum absolute atomic E-state index is 0.139. The third-order valence-corrected chi connectivity index (χ3v) is 11.5. The van der Waals surface area contributed by atoms with Crippen molar-refractivity contribution in [3.63, 3.8) is 0 Å². The number of methoxy groups -OCH3 is 3. The van der Waals surface area contributed by atoms with Crippen molar-refractivity contribution in [3.8, 4) is 17.2 Å². The van der Waals surface area contributed by atoms with Crippen LogP contribution in [0.1, 0.15) is 24.0 Å². The first kappa shape index (κ1) is 31.8. The fourth-order valence-corrected chi connectivity index (χ4v) is 8.80. The number of benzene rings is 3. The van der Waals surface area contributed by atoms with Crippen molar-refractivity contribution < 1.29 is 38.7 Å². The van der Waals surface area contributed by atoms with Gasteiger partial charge in [0.05, 0.1) is 20.3 Å². The van der Waals surface area contributed by atoms with E-state index in [-0.39, 0.29) is 11.8 Å². The van der Waals surface area contributed by atoms with Crippen LogP contribution in [0.5, 0.6) is 17.2 Å². The van der Waals surface area contributed by atoms with Crippen molar-refractivity contribution in [3.05, 3.63) is 123 Å². The van der Waals surface area contributed by atoms with Crippen LogP contribution in [0, 0.1) is 0 Å². The van der Waals surface area contributed by atoms with E-state index in [4.69, 9.17) is 18.9 Å². The second kappa shape index (κ2) is 12.0. The van der Waals surface area contributed by atoms with E-state index >= 15 is 0 Å². The molecule has 2 amide bonds. The summed E-state index contributed by atoms with van der Waals surface area (Å²) in [5.74, 6) is 1.70. The number of carbonyl (C=O) groups excluding carboxylic acids is 2. The Morgan fingerprint density at radius 3 is 1.45 bits per heavy atom. The molecule has 10 heteroatoms. The molecule has 0 spiro atoms. The van der Waals surface area contributed by atoms with E-state index in [2.05, 4.69) is 0 Å². The zero-order chi connectivity index (χ0) is 35.1. The van der Waals surface area contributed by atoms with Gasteiger partial charge in [-0.15, -0.1) is 0 Å². The topological polar surface area (TPSA) is 118 Å². The number of amides is 2. The summed E-state index contributed by atoms with van der Waals surface area (Å²) in [6.45, 7) is 0.715. The lowest BCUT2D eigenvalue weighted by molar-refractivity contribution is -0.175. The van der Waals surface area contributed by atoms with Gasteiger partial charge in [-0.3, -0.25) is 9.59 Å². The summed E-state index contributed by atoms with van der Waals surface area (Å²) in [6, 6.07) is 23.5. The van der Waals surface area contributed by atoms with Crippen LogP contribution in [0.25, 0.3) is 11.1 Å². The second-order valence-electron chi connectivity index (χ2n) is 13.8. The van der Waals surface area contributed by atoms with Gasteiger partial charge < -0.3 is 39.0 Å². The van der Waals surface area contributed by atoms with Crippen LogP contribution in [0.3, 0.4) is 0 Å². The summed E-state index contributed by atoms with van der Waals surface area (Å²) < 4.78 is 22.6. The molecule has 9 rings (SSSR count). The van der Waals surface area contributed by atoms with Crippen molar-refractivity contribution in [1.82, 2.24) is 9.80 Å². The summed E-state index contributed by atoms with van der Waals surface area (Å²) in [6.07, 6.45) is -2.22. The molecule has 2 saturated heterocycles. The highest BCUT2D eigenvalue weighted by atomic mass is 16.5. The molecule has 2 aliphatic carbocycles. The molecule has 260 valence electrons. The Morgan fingerprint density at radius 1 is 0.549 bits per heavy atom. The van der Waals surface area contributed by atoms with E-state index in [1.807, 2.05) is 78.9 Å². The van der Waals surface area contributed by atoms with Gasteiger partial charge in [-0.05, 0) is 105 Å². The molecule has 3 aromatic carbocycles. The molecule has 0 unspecified atom stereocenters. The smallest absolute Gasteiger partial charge is 0.266 e. The third-order valence-electron chi connectivity index (χ3n) is 11.5. The van der Waals surface area contributed by atoms with Crippen molar-refractivity contribution >= 4 is 23.0 Å². The number of para-hydroxylation sites is 1. The summed E-state index contributed by atoms with van der Waals surface area (Å²) in [5.41, 5.74) is 9.68. The van der Waals surface area contributed by atoms with Gasteiger partial charge >= 0.3 is 0 Å². The molecule has 0 aromatic heterocycles. The Morgan fingerprint density at radius 2 is 1.00 bits per heavy atom. The first-order valence-corrected chi connectivity index (χ1v) is 17.2. The summed E-state index contributed by atoms with van der Waals surface area (Å²) in [5, 5.41) is 23.9. The van der Waals surface area contributed by atoms with Crippen LogP contribution in [0.15, 0.2) is 112 Å². The van der Waals surface area contributed by atoms with E-state index in [9.17, 15) is 19.8 Å². The third kappa shape index (κ3) is 4.66. The van der Waals surface area contributed by atoms with Crippen LogP contribution in [-0.4, -0.2) is 103 Å². The lowest BCUT2D eigenvalue weighted by Gasteiger charge is -2.48. The highest BCUT2D eigenvalue weighted by Crippen LogP contribution is 2.56. The molecular weight excluding hydrogens is 648 g/mol. The fourth-order valence-electron chi connectivity index (χ4n) is 8.80. The molecule has 3 aromatic rings. The van der Waals surface area contributed by atoms with Crippen molar-refractivity contribution in [2.24, 2.45) is 0 Å². The van der Waals surface area contributed by atoms with Crippen molar-refractivity contribution in [2.45, 2.75) is 49.3 Å². The zero-order valence-corrected chi connectivity index (χ0v) is 28.5. The maximum atomic E-state index is 13.7. The quantitative estimate of drug-likeness (QED) is 0.343. The summed E-state index contributed by atoms with van der Waals surface area (Å²) in [4.78, 5) is 30.4. The Labute approximate surface area is 295 Å². The van der Waals surface area contributed by atoms with Gasteiger partial charge in [0.15, 0.2) is 12.2 Å². The molecule has 51 heavy (non-hydrogen) atoms. The molecule has 0 bridgehead atoms. The van der Waals surface area contributed by atoms with E-state index in [0.29, 0.717) is 43.2 Å². The average molecular weight is 687 g/mol. The number of aliphatic hydroxyl groups is 2. The predicted octanol–water partition coefficient (Wildman–Crippen LogP) is 3.95. The largest absolute Gasteiger partial charge is 0.497 e. The number of hydrogen-bond donors (Lipinski definition) is 2. The minimum Gasteiger partial charge on any atom is -0.497 e. The number of β-lactam (4-membered cyclic amide) rings is 2. The molecule has 4 heterocycles. The van der Waals surface area contributed by atoms with E-state index in [1.54, 1.807) is 24.0 Å². The molecule has 6 atom stereocenters. The molecule has 2 N–H and O–H groups in total. The number of hydrogen-bond acceptors (Lipinski definition) is 8. The van der Waals surface area contributed by atoms with Gasteiger partial charge in [-0.25, -0.2) is 0 Å². The monoisotopic (exact) mass is 686 g/mol. The average Bonchev–Trinajstić information content (AvgIpc) is 3.28. The molecule has 0 radical (unpaired) electrons. The van der Waals surface area contributed by atoms with Gasteiger partial charge in [0.25, 0.3) is 11.8 Å². The fraction of sp³-hybridized carbons (Fsp3) is 0.317. The molecule has 10 nitrogen and oxygen atoms in total. The number of ether oxygens (including phenoxy) is 4. The molecule has 2 fully saturated rings. The number of nitrogens with zero attached hydrogens (tertiary/aromatic N) is 2. The number of carbonyl (C=O) groups is 2. The van der Waals surface area contributed by atoms with Gasteiger partial charge in [0.2, 0.25) is 0 Å². The number of allylic oxidation sites excluding steroid dienone is 2. The predicted molar refractivity (Wildman–Crippen MR) is 188 cm³/mol. The normalized spacial score (nSPS) is 27.9. The molecule has 6 aliphatic rings. The van der Waals surface area contributed by atoms with Crippen LogP contribution in [0.2, 0.25) is 0 Å². The van der Waals surface area contributed by atoms with Crippen LogP contribution in [-0.2, 0) is 14.3 Å². The van der Waals surface area contributed by atoms with Gasteiger partial charge in [-0.2, -0.15) is 0 Å². The first-order valence-electron chi connectivity index (χ1n) is 17.2. The lowest BCUT2D eigenvalue weighted by atomic mass is 9.66. The Hall–Kier alpha value is -5.16. The van der Waals surface area contributed by atoms with E-state index in [1.165, 1.54) is 7.11 Å². The Kier molecular flexibility index (Phi) is 7.46.